The quantitative estimate of drug-likeness (QED) is 0.659. The van der Waals surface area contributed by atoms with Crippen LogP contribution in [0.25, 0.3) is 0 Å². The Kier molecular flexibility index (Phi) is 3.69. The number of thiocarbonyl (C=S) groups is 1. The summed E-state index contributed by atoms with van der Waals surface area (Å²) >= 11 is 6.52. The van der Waals surface area contributed by atoms with E-state index in [2.05, 4.69) is 10.3 Å². The second kappa shape index (κ2) is 5.23. The first kappa shape index (κ1) is 11.3. The number of aliphatic imine (C=N–C) groups is 1. The van der Waals surface area contributed by atoms with Crippen molar-refractivity contribution >= 4 is 40.7 Å². The molecule has 0 radical (unpaired) electrons. The zero-order valence-electron chi connectivity index (χ0n) is 8.47. The minimum atomic E-state index is -0.0661. The Balaban J connectivity index is 1.96. The van der Waals surface area contributed by atoms with Gasteiger partial charge >= 0.3 is 0 Å². The van der Waals surface area contributed by atoms with Gasteiger partial charge in [0.05, 0.1) is 6.42 Å². The molecule has 0 aliphatic carbocycles. The molecule has 1 aliphatic rings. The topological polar surface area (TPSA) is 41.5 Å². The number of thioether (sulfide) groups is 1. The Hall–Kier alpha value is -1.20. The van der Waals surface area contributed by atoms with Crippen LogP contribution in [-0.4, -0.2) is 22.5 Å². The fourth-order valence-electron chi connectivity index (χ4n) is 1.33. The summed E-state index contributed by atoms with van der Waals surface area (Å²) in [6.45, 7) is 0. The van der Waals surface area contributed by atoms with Crippen LogP contribution in [0.4, 0.5) is 0 Å². The summed E-state index contributed by atoms with van der Waals surface area (Å²) in [7, 11) is 0. The summed E-state index contributed by atoms with van der Waals surface area (Å²) in [4.78, 5) is 16.5. The zero-order chi connectivity index (χ0) is 11.4. The van der Waals surface area contributed by atoms with Crippen LogP contribution in [0.15, 0.2) is 40.2 Å². The van der Waals surface area contributed by atoms with Gasteiger partial charge in [-0.3, -0.25) is 4.79 Å². The molecule has 0 spiro atoms. The van der Waals surface area contributed by atoms with Crippen LogP contribution in [0.1, 0.15) is 6.42 Å². The largest absolute Gasteiger partial charge is 0.301 e. The van der Waals surface area contributed by atoms with Crippen molar-refractivity contribution in [3.05, 3.63) is 30.3 Å². The molecule has 0 fully saturated rings. The summed E-state index contributed by atoms with van der Waals surface area (Å²) in [6, 6.07) is 10.0. The molecule has 3 nitrogen and oxygen atoms in total. The van der Waals surface area contributed by atoms with Crippen molar-refractivity contribution in [2.75, 3.05) is 5.75 Å². The molecule has 16 heavy (non-hydrogen) atoms. The van der Waals surface area contributed by atoms with Gasteiger partial charge in [0.1, 0.15) is 0 Å². The highest BCUT2D eigenvalue weighted by atomic mass is 32.2. The Morgan fingerprint density at radius 2 is 2.12 bits per heavy atom. The van der Waals surface area contributed by atoms with E-state index in [1.165, 1.54) is 4.90 Å². The van der Waals surface area contributed by atoms with Crippen LogP contribution in [0.2, 0.25) is 0 Å². The van der Waals surface area contributed by atoms with Gasteiger partial charge in [0.2, 0.25) is 5.91 Å². The molecule has 1 aromatic rings. The van der Waals surface area contributed by atoms with E-state index in [1.54, 1.807) is 11.8 Å². The zero-order valence-corrected chi connectivity index (χ0v) is 10.1. The average Bonchev–Trinajstić information content (AvgIpc) is 2.27. The van der Waals surface area contributed by atoms with E-state index in [0.29, 0.717) is 12.2 Å². The molecular formula is C11H10N2OS2. The van der Waals surface area contributed by atoms with Gasteiger partial charge in [-0.05, 0) is 24.4 Å². The molecule has 1 aromatic carbocycles. The number of nitrogens with zero attached hydrogens (tertiary/aromatic N) is 1. The number of rotatable bonds is 3. The average molecular weight is 250 g/mol. The van der Waals surface area contributed by atoms with Crippen molar-refractivity contribution in [2.24, 2.45) is 4.99 Å². The van der Waals surface area contributed by atoms with E-state index in [9.17, 15) is 4.79 Å². The molecular weight excluding hydrogens is 240 g/mol. The van der Waals surface area contributed by atoms with Gasteiger partial charge in [0, 0.05) is 16.4 Å². The van der Waals surface area contributed by atoms with E-state index >= 15 is 0 Å². The number of benzene rings is 1. The van der Waals surface area contributed by atoms with Crippen LogP contribution in [0.5, 0.6) is 0 Å². The number of hydrogen-bond acceptors (Lipinski definition) is 3. The van der Waals surface area contributed by atoms with Crippen molar-refractivity contribution in [2.45, 2.75) is 11.3 Å². The number of nitrogens with one attached hydrogen (secondary N) is 1. The molecule has 0 saturated carbocycles. The first-order valence-corrected chi connectivity index (χ1v) is 6.21. The third-order valence-corrected chi connectivity index (χ3v) is 3.30. The van der Waals surface area contributed by atoms with E-state index < -0.39 is 0 Å². The second-order valence-electron chi connectivity index (χ2n) is 3.31. The van der Waals surface area contributed by atoms with Crippen molar-refractivity contribution in [1.82, 2.24) is 5.32 Å². The van der Waals surface area contributed by atoms with Crippen molar-refractivity contribution in [1.29, 1.82) is 0 Å². The fourth-order valence-corrected chi connectivity index (χ4v) is 2.42. The van der Waals surface area contributed by atoms with Crippen molar-refractivity contribution in [3.63, 3.8) is 0 Å². The molecule has 82 valence electrons. The lowest BCUT2D eigenvalue weighted by atomic mass is 10.2. The molecule has 1 aliphatic heterocycles. The molecule has 1 heterocycles. The monoisotopic (exact) mass is 250 g/mol. The fraction of sp³-hybridized carbons (Fsp3) is 0.182. The molecule has 1 amide bonds. The SMILES string of the molecule is O=C1CC(CSc2ccccc2)=NC(=S)N1. The summed E-state index contributed by atoms with van der Waals surface area (Å²) < 4.78 is 0. The van der Waals surface area contributed by atoms with Crippen LogP contribution >= 0.6 is 24.0 Å². The highest BCUT2D eigenvalue weighted by Crippen LogP contribution is 2.18. The lowest BCUT2D eigenvalue weighted by Crippen LogP contribution is -2.35. The summed E-state index contributed by atoms with van der Waals surface area (Å²) in [6.07, 6.45) is 0.347. The van der Waals surface area contributed by atoms with Gasteiger partial charge in [0.15, 0.2) is 5.11 Å². The van der Waals surface area contributed by atoms with Gasteiger partial charge in [0.25, 0.3) is 0 Å². The first-order chi connectivity index (χ1) is 7.74. The van der Waals surface area contributed by atoms with Crippen molar-refractivity contribution in [3.8, 4) is 0 Å². The number of hydrogen-bond donors (Lipinski definition) is 1. The molecule has 2 rings (SSSR count). The third-order valence-electron chi connectivity index (χ3n) is 2.02. The lowest BCUT2D eigenvalue weighted by molar-refractivity contribution is -0.118. The smallest absolute Gasteiger partial charge is 0.231 e. The van der Waals surface area contributed by atoms with Crippen molar-refractivity contribution < 1.29 is 4.79 Å². The Bertz CT molecular complexity index is 443. The first-order valence-electron chi connectivity index (χ1n) is 4.82. The highest BCUT2D eigenvalue weighted by molar-refractivity contribution is 8.00. The molecule has 0 saturated heterocycles. The summed E-state index contributed by atoms with van der Waals surface area (Å²) in [5.41, 5.74) is 0.836. The molecule has 0 aromatic heterocycles. The minimum absolute atomic E-state index is 0.0661. The number of amides is 1. The normalized spacial score (nSPS) is 15.6. The number of carbonyl (C=O) groups is 1. The van der Waals surface area contributed by atoms with E-state index in [-0.39, 0.29) is 11.0 Å². The van der Waals surface area contributed by atoms with Crippen LogP contribution in [0.3, 0.4) is 0 Å². The van der Waals surface area contributed by atoms with Gasteiger partial charge in [-0.1, -0.05) is 18.2 Å². The molecule has 1 N–H and O–H groups in total. The maximum Gasteiger partial charge on any atom is 0.231 e. The van der Waals surface area contributed by atoms with Crippen LogP contribution in [-0.2, 0) is 4.79 Å². The molecule has 0 atom stereocenters. The van der Waals surface area contributed by atoms with Gasteiger partial charge in [-0.25, -0.2) is 4.99 Å². The van der Waals surface area contributed by atoms with Gasteiger partial charge in [-0.2, -0.15) is 0 Å². The summed E-state index contributed by atoms with van der Waals surface area (Å²) in [5, 5.41) is 2.78. The summed E-state index contributed by atoms with van der Waals surface area (Å²) in [5.74, 6) is 0.640. The third kappa shape index (κ3) is 3.15. The maximum atomic E-state index is 11.2. The lowest BCUT2D eigenvalue weighted by Gasteiger charge is -2.12. The van der Waals surface area contributed by atoms with E-state index in [1.807, 2.05) is 30.3 Å². The Morgan fingerprint density at radius 3 is 2.81 bits per heavy atom. The maximum absolute atomic E-state index is 11.2. The predicted molar refractivity (Wildman–Crippen MR) is 70.0 cm³/mol. The standard InChI is InChI=1S/C11H10N2OS2/c14-10-6-8(12-11(15)13-10)7-16-9-4-2-1-3-5-9/h1-5H,6-7H2,(H,13,14,15). The Morgan fingerprint density at radius 1 is 1.38 bits per heavy atom. The van der Waals surface area contributed by atoms with Gasteiger partial charge in [-0.15, -0.1) is 11.8 Å². The molecule has 0 bridgehead atoms. The van der Waals surface area contributed by atoms with Gasteiger partial charge < -0.3 is 5.32 Å². The molecule has 0 unspecified atom stereocenters. The number of carbonyl (C=O) groups excluding carboxylic acids is 1. The molecule has 5 heteroatoms. The minimum Gasteiger partial charge on any atom is -0.301 e. The highest BCUT2D eigenvalue weighted by Gasteiger charge is 2.15. The van der Waals surface area contributed by atoms with E-state index in [0.717, 1.165) is 5.71 Å². The second-order valence-corrected chi connectivity index (χ2v) is 4.75. The predicted octanol–water partition coefficient (Wildman–Crippen LogP) is 2.02. The van der Waals surface area contributed by atoms with Crippen LogP contribution < -0.4 is 5.32 Å². The van der Waals surface area contributed by atoms with Crippen LogP contribution in [0, 0.1) is 0 Å². The van der Waals surface area contributed by atoms with E-state index in [4.69, 9.17) is 12.2 Å². The Labute approximate surface area is 103 Å².